The summed E-state index contributed by atoms with van der Waals surface area (Å²) < 4.78 is 0. The average molecular weight is 735 g/mol. The van der Waals surface area contributed by atoms with E-state index in [0.717, 1.165) is 25.8 Å². The van der Waals surface area contributed by atoms with Gasteiger partial charge in [0.2, 0.25) is 0 Å². The molecule has 1 aliphatic heterocycles. The third-order valence-electron chi connectivity index (χ3n) is 13.5. The quantitative estimate of drug-likeness (QED) is 0.157. The van der Waals surface area contributed by atoms with Gasteiger partial charge >= 0.3 is 0 Å². The first-order valence-electron chi connectivity index (χ1n) is 20.8. The summed E-state index contributed by atoms with van der Waals surface area (Å²) in [5, 5.41) is 2.52. The van der Waals surface area contributed by atoms with Crippen molar-refractivity contribution in [3.8, 4) is 11.1 Å². The van der Waals surface area contributed by atoms with E-state index in [9.17, 15) is 0 Å². The van der Waals surface area contributed by atoms with Crippen LogP contribution >= 0.6 is 0 Å². The number of benzene rings is 7. The monoisotopic (exact) mass is 734 g/mol. The number of allylic oxidation sites excluding steroid dienone is 4. The maximum atomic E-state index is 2.56. The van der Waals surface area contributed by atoms with Crippen LogP contribution in [0, 0.1) is 5.92 Å². The van der Waals surface area contributed by atoms with E-state index in [1.54, 1.807) is 0 Å². The summed E-state index contributed by atoms with van der Waals surface area (Å²) >= 11 is 0. The number of para-hydroxylation sites is 2. The van der Waals surface area contributed by atoms with Crippen LogP contribution in [0.15, 0.2) is 170 Å². The van der Waals surface area contributed by atoms with Crippen molar-refractivity contribution in [3.05, 3.63) is 214 Å². The van der Waals surface area contributed by atoms with Gasteiger partial charge in [-0.05, 0) is 117 Å². The Morgan fingerprint density at radius 3 is 2.35 bits per heavy atom. The smallest absolute Gasteiger partial charge is 0.0538 e. The number of hydrogen-bond acceptors (Lipinski definition) is 2. The van der Waals surface area contributed by atoms with E-state index in [1.807, 2.05) is 0 Å². The van der Waals surface area contributed by atoms with Gasteiger partial charge in [0.25, 0.3) is 0 Å². The zero-order valence-corrected chi connectivity index (χ0v) is 32.7. The number of fused-ring (bicyclic) bond motifs is 12. The van der Waals surface area contributed by atoms with Gasteiger partial charge in [-0.1, -0.05) is 153 Å². The van der Waals surface area contributed by atoms with Crippen LogP contribution in [0.25, 0.3) is 34.1 Å². The molecule has 1 heterocycles. The highest BCUT2D eigenvalue weighted by Gasteiger charge is 2.57. The molecule has 0 radical (unpaired) electrons. The first-order chi connectivity index (χ1) is 28.1. The first kappa shape index (κ1) is 33.9. The van der Waals surface area contributed by atoms with E-state index in [1.165, 1.54) is 89.2 Å². The second kappa shape index (κ2) is 13.4. The molecule has 11 rings (SSSR count). The number of nitrogens with zero attached hydrogens (tertiary/aromatic N) is 2. The molecule has 3 aliphatic carbocycles. The van der Waals surface area contributed by atoms with Crippen molar-refractivity contribution in [3.63, 3.8) is 0 Å². The van der Waals surface area contributed by atoms with Crippen LogP contribution in [-0.4, -0.2) is 13.6 Å². The standard InChI is InChI=1S/C55H46N2/c1-3-38-15-4-10-25-52(38)56(2)54-27-13-21-42-39(17-12-22-47(42)54)30-28-37-29-32-45-46-33-31-41(57-34-14-18-40-16-5-11-26-53(40)57)36-51(46)55(50(45)35-37)48-23-8-6-19-43(48)44-20-7-9-24-49(44)55/h4-13,15-17,19-33,35-36,43,48H,3,14,18,34H2,1-2H3/b30-28+. The maximum Gasteiger partial charge on any atom is 0.0538 e. The van der Waals surface area contributed by atoms with Gasteiger partial charge in [0.05, 0.1) is 5.41 Å². The fourth-order valence-electron chi connectivity index (χ4n) is 10.9. The fourth-order valence-corrected chi connectivity index (χ4v) is 10.9. The molecule has 0 N–H and O–H groups in total. The van der Waals surface area contributed by atoms with Crippen LogP contribution in [0.1, 0.15) is 63.8 Å². The summed E-state index contributed by atoms with van der Waals surface area (Å²) in [4.78, 5) is 4.91. The Morgan fingerprint density at radius 1 is 0.667 bits per heavy atom. The van der Waals surface area contributed by atoms with Crippen LogP contribution in [0.2, 0.25) is 0 Å². The van der Waals surface area contributed by atoms with Gasteiger partial charge in [0, 0.05) is 53.6 Å². The predicted molar refractivity (Wildman–Crippen MR) is 241 cm³/mol. The Hall–Kier alpha value is -6.38. The SMILES string of the molecule is CCc1ccccc1N(C)c1cccc2c(/C=C/c3ccc4c(c3)C3(c5cc(N6CCCc7ccccc76)ccc5-4)c4ccccc4C4C=CC=CC43)cccc12. The van der Waals surface area contributed by atoms with Gasteiger partial charge in [-0.3, -0.25) is 0 Å². The van der Waals surface area contributed by atoms with Crippen LogP contribution in [-0.2, 0) is 18.3 Å². The van der Waals surface area contributed by atoms with Gasteiger partial charge in [-0.2, -0.15) is 0 Å². The number of anilines is 4. The number of rotatable bonds is 6. The highest BCUT2D eigenvalue weighted by atomic mass is 15.1. The summed E-state index contributed by atoms with van der Waals surface area (Å²) in [7, 11) is 2.20. The molecule has 3 unspecified atom stereocenters. The summed E-state index contributed by atoms with van der Waals surface area (Å²) in [5.74, 6) is 0.616. The van der Waals surface area contributed by atoms with Crippen LogP contribution in [0.3, 0.4) is 0 Å². The van der Waals surface area contributed by atoms with Crippen LogP contribution < -0.4 is 9.80 Å². The van der Waals surface area contributed by atoms with E-state index in [0.29, 0.717) is 5.92 Å². The highest BCUT2D eigenvalue weighted by molar-refractivity contribution is 6.01. The van der Waals surface area contributed by atoms with Crippen molar-refractivity contribution in [1.29, 1.82) is 0 Å². The van der Waals surface area contributed by atoms with E-state index >= 15 is 0 Å². The van der Waals surface area contributed by atoms with Gasteiger partial charge in [0.15, 0.2) is 0 Å². The molecule has 7 aromatic rings. The molecule has 0 fully saturated rings. The Balaban J connectivity index is 1.04. The molecule has 2 heteroatoms. The van der Waals surface area contributed by atoms with Crippen LogP contribution in [0.4, 0.5) is 22.7 Å². The normalized spacial score (nSPS) is 19.8. The lowest BCUT2D eigenvalue weighted by molar-refractivity contribution is 0.465. The molecule has 4 aliphatic rings. The van der Waals surface area contributed by atoms with Gasteiger partial charge in [-0.15, -0.1) is 0 Å². The Labute approximate surface area is 336 Å². The Kier molecular flexibility index (Phi) is 7.96. The molecule has 276 valence electrons. The molecule has 1 spiro atoms. The first-order valence-corrected chi connectivity index (χ1v) is 20.8. The lowest BCUT2D eigenvalue weighted by Crippen LogP contribution is -2.33. The Bertz CT molecular complexity index is 2820. The molecular formula is C55H46N2. The topological polar surface area (TPSA) is 6.48 Å². The second-order valence-corrected chi connectivity index (χ2v) is 16.2. The summed E-state index contributed by atoms with van der Waals surface area (Å²) in [6.07, 6.45) is 17.4. The van der Waals surface area contributed by atoms with Gasteiger partial charge in [-0.25, -0.2) is 0 Å². The number of aryl methyl sites for hydroxylation is 2. The molecule has 3 atom stereocenters. The summed E-state index contributed by atoms with van der Waals surface area (Å²) in [6.45, 7) is 3.27. The molecule has 2 nitrogen and oxygen atoms in total. The second-order valence-electron chi connectivity index (χ2n) is 16.2. The molecular weight excluding hydrogens is 689 g/mol. The maximum absolute atomic E-state index is 2.56. The minimum Gasteiger partial charge on any atom is -0.344 e. The molecule has 0 bridgehead atoms. The summed E-state index contributed by atoms with van der Waals surface area (Å²) in [6, 6.07) is 55.1. The predicted octanol–water partition coefficient (Wildman–Crippen LogP) is 13.6. The molecule has 0 saturated carbocycles. The largest absolute Gasteiger partial charge is 0.344 e. The van der Waals surface area contributed by atoms with Crippen molar-refractivity contribution in [2.75, 3.05) is 23.4 Å². The Morgan fingerprint density at radius 2 is 1.42 bits per heavy atom. The zero-order valence-electron chi connectivity index (χ0n) is 32.7. The molecule has 0 amide bonds. The lowest BCUT2D eigenvalue weighted by atomic mass is 9.65. The van der Waals surface area contributed by atoms with Crippen molar-refractivity contribution >= 4 is 45.7 Å². The number of hydrogen-bond donors (Lipinski definition) is 0. The van der Waals surface area contributed by atoms with E-state index in [2.05, 4.69) is 206 Å². The third kappa shape index (κ3) is 5.09. The molecule has 57 heavy (non-hydrogen) atoms. The highest BCUT2D eigenvalue weighted by Crippen LogP contribution is 2.65. The van der Waals surface area contributed by atoms with Crippen molar-refractivity contribution < 1.29 is 0 Å². The lowest BCUT2D eigenvalue weighted by Gasteiger charge is -2.37. The zero-order chi connectivity index (χ0) is 38.1. The van der Waals surface area contributed by atoms with E-state index in [4.69, 9.17) is 0 Å². The van der Waals surface area contributed by atoms with Crippen molar-refractivity contribution in [2.45, 2.75) is 37.5 Å². The van der Waals surface area contributed by atoms with Gasteiger partial charge in [0.1, 0.15) is 0 Å². The minimum atomic E-state index is -0.296. The van der Waals surface area contributed by atoms with Gasteiger partial charge < -0.3 is 9.80 Å². The average Bonchev–Trinajstić information content (AvgIpc) is 3.74. The molecule has 7 aromatic carbocycles. The fraction of sp³-hybridized carbons (Fsp3) is 0.164. The molecule has 0 saturated heterocycles. The van der Waals surface area contributed by atoms with Crippen molar-refractivity contribution in [2.24, 2.45) is 5.92 Å². The molecule has 0 aromatic heterocycles. The summed E-state index contributed by atoms with van der Waals surface area (Å²) in [5.41, 5.74) is 18.6. The van der Waals surface area contributed by atoms with Crippen LogP contribution in [0.5, 0.6) is 0 Å². The third-order valence-corrected chi connectivity index (χ3v) is 13.5. The van der Waals surface area contributed by atoms with E-state index < -0.39 is 0 Å². The minimum absolute atomic E-state index is 0.286. The van der Waals surface area contributed by atoms with E-state index in [-0.39, 0.29) is 11.3 Å². The van der Waals surface area contributed by atoms with Crippen molar-refractivity contribution in [1.82, 2.24) is 0 Å².